The largest absolute Gasteiger partial charge is 0.393 e. The van der Waals surface area contributed by atoms with Gasteiger partial charge in [-0.1, -0.05) is 12.2 Å². The third-order valence-corrected chi connectivity index (χ3v) is 1.48. The lowest BCUT2D eigenvalue weighted by Gasteiger charge is -1.98. The second kappa shape index (κ2) is 3.44. The molecule has 0 saturated carbocycles. The van der Waals surface area contributed by atoms with Crippen molar-refractivity contribution in [2.75, 3.05) is 0 Å². The quantitative estimate of drug-likeness (QED) is 0.671. The fraction of sp³-hybridized carbons (Fsp3) is 0.250. The highest BCUT2D eigenvalue weighted by molar-refractivity contribution is 7.80. The molecule has 2 N–H and O–H groups in total. The minimum atomic E-state index is 0.524. The van der Waals surface area contributed by atoms with E-state index >= 15 is 0 Å². The molecule has 3 heteroatoms. The molecule has 1 aromatic rings. The van der Waals surface area contributed by atoms with Gasteiger partial charge in [0.2, 0.25) is 0 Å². The van der Waals surface area contributed by atoms with E-state index in [-0.39, 0.29) is 0 Å². The van der Waals surface area contributed by atoms with Crippen molar-refractivity contribution >= 4 is 17.2 Å². The Morgan fingerprint density at radius 2 is 2.45 bits per heavy atom. The first kappa shape index (κ1) is 8.14. The molecule has 0 aliphatic heterocycles. The summed E-state index contributed by atoms with van der Waals surface area (Å²) < 4.78 is 0. The molecule has 0 unspecified atom stereocenters. The summed E-state index contributed by atoms with van der Waals surface area (Å²) in [7, 11) is 0. The van der Waals surface area contributed by atoms with Gasteiger partial charge in [-0.25, -0.2) is 0 Å². The first-order chi connectivity index (χ1) is 5.18. The van der Waals surface area contributed by atoms with Crippen molar-refractivity contribution in [3.8, 4) is 0 Å². The third kappa shape index (κ3) is 2.63. The van der Waals surface area contributed by atoms with Crippen LogP contribution in [-0.2, 0) is 6.42 Å². The van der Waals surface area contributed by atoms with Crippen LogP contribution in [0.1, 0.15) is 11.3 Å². The maximum Gasteiger partial charge on any atom is 0.0771 e. The van der Waals surface area contributed by atoms with E-state index in [2.05, 4.69) is 4.98 Å². The molecular weight excluding hydrogens is 156 g/mol. The molecule has 1 aromatic heterocycles. The molecule has 11 heavy (non-hydrogen) atoms. The predicted octanol–water partition coefficient (Wildman–Crippen LogP) is 1.22. The maximum atomic E-state index is 5.39. The van der Waals surface area contributed by atoms with Crippen LogP contribution in [0.3, 0.4) is 0 Å². The molecule has 1 heterocycles. The van der Waals surface area contributed by atoms with Gasteiger partial charge in [-0.2, -0.15) is 0 Å². The van der Waals surface area contributed by atoms with E-state index in [1.165, 1.54) is 0 Å². The monoisotopic (exact) mass is 166 g/mol. The Morgan fingerprint density at radius 1 is 1.73 bits per heavy atom. The van der Waals surface area contributed by atoms with Crippen LogP contribution in [0.15, 0.2) is 18.3 Å². The van der Waals surface area contributed by atoms with Crippen molar-refractivity contribution in [2.24, 2.45) is 5.73 Å². The number of nitrogens with zero attached hydrogens (tertiary/aromatic N) is 1. The number of nitrogens with two attached hydrogens (primary N) is 1. The smallest absolute Gasteiger partial charge is 0.0771 e. The van der Waals surface area contributed by atoms with Gasteiger partial charge in [-0.3, -0.25) is 4.98 Å². The van der Waals surface area contributed by atoms with Gasteiger partial charge in [0.25, 0.3) is 0 Å². The number of hydrogen-bond donors (Lipinski definition) is 1. The van der Waals surface area contributed by atoms with Gasteiger partial charge in [0.05, 0.1) is 4.99 Å². The van der Waals surface area contributed by atoms with E-state index in [4.69, 9.17) is 18.0 Å². The Kier molecular flexibility index (Phi) is 2.54. The van der Waals surface area contributed by atoms with Gasteiger partial charge in [0, 0.05) is 18.3 Å². The molecule has 0 aliphatic carbocycles. The third-order valence-electron chi connectivity index (χ3n) is 1.34. The summed E-state index contributed by atoms with van der Waals surface area (Å²) in [5.74, 6) is 0. The van der Waals surface area contributed by atoms with Crippen LogP contribution < -0.4 is 5.73 Å². The number of hydrogen-bond acceptors (Lipinski definition) is 2. The Morgan fingerprint density at radius 3 is 3.00 bits per heavy atom. The zero-order chi connectivity index (χ0) is 8.27. The van der Waals surface area contributed by atoms with Crippen molar-refractivity contribution in [1.29, 1.82) is 0 Å². The number of pyridine rings is 1. The van der Waals surface area contributed by atoms with Gasteiger partial charge in [0.1, 0.15) is 0 Å². The summed E-state index contributed by atoms with van der Waals surface area (Å²) in [5.41, 5.74) is 7.51. The first-order valence-corrected chi connectivity index (χ1v) is 3.79. The van der Waals surface area contributed by atoms with E-state index in [9.17, 15) is 0 Å². The molecule has 58 valence electrons. The molecular formula is C8H10N2S. The van der Waals surface area contributed by atoms with Crippen LogP contribution in [0.2, 0.25) is 0 Å². The average Bonchev–Trinajstić information content (AvgIpc) is 1.85. The average molecular weight is 166 g/mol. The summed E-state index contributed by atoms with van der Waals surface area (Å²) >= 11 is 4.78. The highest BCUT2D eigenvalue weighted by Gasteiger charge is 1.94. The minimum Gasteiger partial charge on any atom is -0.393 e. The van der Waals surface area contributed by atoms with Crippen LogP contribution in [0.5, 0.6) is 0 Å². The predicted molar refractivity (Wildman–Crippen MR) is 49.5 cm³/mol. The summed E-state index contributed by atoms with van der Waals surface area (Å²) in [6.07, 6.45) is 2.43. The Labute approximate surface area is 71.4 Å². The topological polar surface area (TPSA) is 38.9 Å². The minimum absolute atomic E-state index is 0.524. The zero-order valence-corrected chi connectivity index (χ0v) is 7.19. The molecule has 0 radical (unpaired) electrons. The SMILES string of the molecule is Cc1cc(CC(N)=S)ccn1. The molecule has 0 atom stereocenters. The van der Waals surface area contributed by atoms with Gasteiger partial charge >= 0.3 is 0 Å². The van der Waals surface area contributed by atoms with Crippen LogP contribution in [0, 0.1) is 6.92 Å². The van der Waals surface area contributed by atoms with Gasteiger partial charge < -0.3 is 5.73 Å². The lowest BCUT2D eigenvalue weighted by atomic mass is 10.2. The summed E-state index contributed by atoms with van der Waals surface area (Å²) in [5, 5.41) is 0. The lowest BCUT2D eigenvalue weighted by Crippen LogP contribution is -2.11. The molecule has 0 fully saturated rings. The molecule has 0 aromatic carbocycles. The van der Waals surface area contributed by atoms with Gasteiger partial charge in [-0.15, -0.1) is 0 Å². The molecule has 0 spiro atoms. The number of thiocarbonyl (C=S) groups is 1. The van der Waals surface area contributed by atoms with Crippen molar-refractivity contribution in [2.45, 2.75) is 13.3 Å². The molecule has 0 saturated heterocycles. The van der Waals surface area contributed by atoms with Crippen LogP contribution in [0.4, 0.5) is 0 Å². The van der Waals surface area contributed by atoms with Crippen LogP contribution in [-0.4, -0.2) is 9.97 Å². The normalized spacial score (nSPS) is 9.55. The van der Waals surface area contributed by atoms with Crippen molar-refractivity contribution in [3.05, 3.63) is 29.6 Å². The Balaban J connectivity index is 2.79. The molecule has 0 bridgehead atoms. The summed E-state index contributed by atoms with van der Waals surface area (Å²) in [6.45, 7) is 1.95. The van der Waals surface area contributed by atoms with E-state index in [1.807, 2.05) is 19.1 Å². The second-order valence-corrected chi connectivity index (χ2v) is 2.97. The standard InChI is InChI=1S/C8H10N2S/c1-6-4-7(2-3-10-6)5-8(9)11/h2-4H,5H2,1H3,(H2,9,11). The molecule has 2 nitrogen and oxygen atoms in total. The van der Waals surface area contributed by atoms with E-state index in [0.29, 0.717) is 11.4 Å². The number of aromatic nitrogens is 1. The Hall–Kier alpha value is -0.960. The van der Waals surface area contributed by atoms with Crippen molar-refractivity contribution in [3.63, 3.8) is 0 Å². The highest BCUT2D eigenvalue weighted by Crippen LogP contribution is 2.01. The van der Waals surface area contributed by atoms with Crippen molar-refractivity contribution < 1.29 is 0 Å². The molecule has 0 amide bonds. The second-order valence-electron chi connectivity index (χ2n) is 2.45. The summed E-state index contributed by atoms with van der Waals surface area (Å²) in [6, 6.07) is 3.91. The lowest BCUT2D eigenvalue weighted by molar-refractivity contribution is 1.16. The van der Waals surface area contributed by atoms with E-state index in [1.54, 1.807) is 6.20 Å². The van der Waals surface area contributed by atoms with E-state index < -0.39 is 0 Å². The summed E-state index contributed by atoms with van der Waals surface area (Å²) in [4.78, 5) is 4.59. The van der Waals surface area contributed by atoms with Crippen LogP contribution in [0.25, 0.3) is 0 Å². The fourth-order valence-corrected chi connectivity index (χ4v) is 1.08. The number of rotatable bonds is 2. The Bertz CT molecular complexity index is 271. The van der Waals surface area contributed by atoms with Crippen molar-refractivity contribution in [1.82, 2.24) is 4.98 Å². The molecule has 0 aliphatic rings. The first-order valence-electron chi connectivity index (χ1n) is 3.38. The zero-order valence-electron chi connectivity index (χ0n) is 6.37. The van der Waals surface area contributed by atoms with Gasteiger partial charge in [-0.05, 0) is 24.6 Å². The maximum absolute atomic E-state index is 5.39. The molecule has 1 rings (SSSR count). The van der Waals surface area contributed by atoms with Gasteiger partial charge in [0.15, 0.2) is 0 Å². The van der Waals surface area contributed by atoms with Crippen LogP contribution >= 0.6 is 12.2 Å². The highest BCUT2D eigenvalue weighted by atomic mass is 32.1. The van der Waals surface area contributed by atoms with E-state index in [0.717, 1.165) is 11.3 Å². The fourth-order valence-electron chi connectivity index (χ4n) is 0.915. The number of aryl methyl sites for hydroxylation is 1.